The molecule has 3 rings (SSSR count). The first kappa shape index (κ1) is 17.3. The van der Waals surface area contributed by atoms with Gasteiger partial charge < -0.3 is 9.47 Å². The average molecular weight is 338 g/mol. The van der Waals surface area contributed by atoms with Gasteiger partial charge in [-0.2, -0.15) is 0 Å². The lowest BCUT2D eigenvalue weighted by Gasteiger charge is -2.34. The number of hydrogen-bond donors (Lipinski definition) is 0. The Morgan fingerprint density at radius 1 is 1.24 bits per heavy atom. The molecule has 1 saturated heterocycles. The summed E-state index contributed by atoms with van der Waals surface area (Å²) in [4.78, 5) is 5.16. The van der Waals surface area contributed by atoms with Gasteiger partial charge in [-0.3, -0.25) is 4.90 Å². The van der Waals surface area contributed by atoms with E-state index in [1.165, 1.54) is 5.56 Å². The Labute approximate surface area is 147 Å². The van der Waals surface area contributed by atoms with Gasteiger partial charge in [0.15, 0.2) is 6.23 Å². The molecule has 6 heteroatoms. The molecule has 0 radical (unpaired) electrons. The third-order valence-electron chi connectivity index (χ3n) is 4.29. The molecule has 0 aromatic heterocycles. The summed E-state index contributed by atoms with van der Waals surface area (Å²) in [5.41, 5.74) is 11.7. The van der Waals surface area contributed by atoms with E-state index >= 15 is 0 Å². The van der Waals surface area contributed by atoms with E-state index in [0.717, 1.165) is 25.1 Å². The van der Waals surface area contributed by atoms with Crippen molar-refractivity contribution in [1.29, 1.82) is 0 Å². The van der Waals surface area contributed by atoms with Gasteiger partial charge in [-0.05, 0) is 41.8 Å². The Balaban J connectivity index is 1.80. The van der Waals surface area contributed by atoms with Crippen molar-refractivity contribution in [2.24, 2.45) is 5.11 Å². The smallest absolute Gasteiger partial charge is 0.176 e. The van der Waals surface area contributed by atoms with Crippen molar-refractivity contribution in [2.75, 3.05) is 26.3 Å². The molecule has 0 bridgehead atoms. The van der Waals surface area contributed by atoms with Crippen molar-refractivity contribution >= 4 is 5.69 Å². The van der Waals surface area contributed by atoms with E-state index in [4.69, 9.17) is 15.0 Å². The molecule has 1 atom stereocenters. The van der Waals surface area contributed by atoms with Crippen LogP contribution in [0.3, 0.4) is 0 Å². The maximum Gasteiger partial charge on any atom is 0.176 e. The fourth-order valence-electron chi connectivity index (χ4n) is 2.96. The lowest BCUT2D eigenvalue weighted by atomic mass is 10.0. The molecule has 0 spiro atoms. The highest BCUT2D eigenvalue weighted by molar-refractivity contribution is 5.54. The van der Waals surface area contributed by atoms with Gasteiger partial charge in [0.2, 0.25) is 0 Å². The number of rotatable bonds is 6. The minimum atomic E-state index is -0.161. The molecule has 130 valence electrons. The van der Waals surface area contributed by atoms with E-state index < -0.39 is 0 Å². The van der Waals surface area contributed by atoms with Gasteiger partial charge in [-0.1, -0.05) is 48.4 Å². The van der Waals surface area contributed by atoms with Crippen molar-refractivity contribution in [3.63, 3.8) is 0 Å². The van der Waals surface area contributed by atoms with Crippen LogP contribution in [-0.2, 0) is 11.2 Å². The third-order valence-corrected chi connectivity index (χ3v) is 4.29. The zero-order valence-corrected chi connectivity index (χ0v) is 14.3. The standard InChI is InChI=1S/C19H22N4O2/c1-2-23-10-11-24-14-19(23)25-18-9-8-16(13-17(18)21-22-20)12-15-6-4-3-5-7-15/h3-9,13,19H,2,10-12,14H2,1H3. The number of likely N-dealkylation sites (N-methyl/N-ethyl adjacent to an activating group) is 1. The summed E-state index contributed by atoms with van der Waals surface area (Å²) in [5, 5.41) is 3.82. The summed E-state index contributed by atoms with van der Waals surface area (Å²) in [5.74, 6) is 0.587. The Kier molecular flexibility index (Phi) is 5.90. The van der Waals surface area contributed by atoms with Crippen LogP contribution in [-0.4, -0.2) is 37.4 Å². The second-order valence-electron chi connectivity index (χ2n) is 5.93. The lowest BCUT2D eigenvalue weighted by molar-refractivity contribution is -0.0886. The van der Waals surface area contributed by atoms with Crippen LogP contribution in [0.15, 0.2) is 53.6 Å². The Bertz CT molecular complexity index is 744. The Hall–Kier alpha value is -2.53. The first-order valence-corrected chi connectivity index (χ1v) is 8.50. The van der Waals surface area contributed by atoms with Crippen LogP contribution in [0.2, 0.25) is 0 Å². The topological polar surface area (TPSA) is 70.5 Å². The molecule has 1 aliphatic heterocycles. The SMILES string of the molecule is CCN1CCOCC1Oc1ccc(Cc2ccccc2)cc1N=[N+]=[N-]. The van der Waals surface area contributed by atoms with E-state index in [9.17, 15) is 0 Å². The van der Waals surface area contributed by atoms with Crippen molar-refractivity contribution < 1.29 is 9.47 Å². The molecular weight excluding hydrogens is 316 g/mol. The fraction of sp³-hybridized carbons (Fsp3) is 0.368. The molecule has 2 aromatic carbocycles. The van der Waals surface area contributed by atoms with Crippen LogP contribution < -0.4 is 4.74 Å². The molecule has 1 heterocycles. The largest absolute Gasteiger partial charge is 0.472 e. The zero-order valence-electron chi connectivity index (χ0n) is 14.3. The minimum Gasteiger partial charge on any atom is -0.472 e. The summed E-state index contributed by atoms with van der Waals surface area (Å²) in [6, 6.07) is 16.0. The van der Waals surface area contributed by atoms with Crippen molar-refractivity contribution in [3.8, 4) is 5.75 Å². The molecule has 1 unspecified atom stereocenters. The molecule has 6 nitrogen and oxygen atoms in total. The summed E-state index contributed by atoms with van der Waals surface area (Å²) in [6.45, 7) is 5.04. The zero-order chi connectivity index (χ0) is 17.5. The third kappa shape index (κ3) is 4.51. The maximum absolute atomic E-state index is 8.90. The first-order chi connectivity index (χ1) is 12.3. The van der Waals surface area contributed by atoms with Crippen LogP contribution >= 0.6 is 0 Å². The molecular formula is C19H22N4O2. The van der Waals surface area contributed by atoms with E-state index in [0.29, 0.717) is 24.7 Å². The Morgan fingerprint density at radius 2 is 2.08 bits per heavy atom. The average Bonchev–Trinajstić information content (AvgIpc) is 2.65. The molecule has 1 aliphatic rings. The van der Waals surface area contributed by atoms with Crippen LogP contribution in [0, 0.1) is 0 Å². The van der Waals surface area contributed by atoms with Gasteiger partial charge in [0, 0.05) is 11.5 Å². The predicted octanol–water partition coefficient (Wildman–Crippen LogP) is 4.28. The van der Waals surface area contributed by atoms with Crippen molar-refractivity contribution in [3.05, 3.63) is 70.1 Å². The predicted molar refractivity (Wildman–Crippen MR) is 97.0 cm³/mol. The van der Waals surface area contributed by atoms with Crippen LogP contribution in [0.5, 0.6) is 5.75 Å². The van der Waals surface area contributed by atoms with Crippen LogP contribution in [0.1, 0.15) is 18.1 Å². The highest BCUT2D eigenvalue weighted by Crippen LogP contribution is 2.31. The summed E-state index contributed by atoms with van der Waals surface area (Å²) < 4.78 is 11.6. The monoisotopic (exact) mass is 338 g/mol. The van der Waals surface area contributed by atoms with Gasteiger partial charge in [-0.15, -0.1) is 0 Å². The summed E-state index contributed by atoms with van der Waals surface area (Å²) in [7, 11) is 0. The maximum atomic E-state index is 8.90. The lowest BCUT2D eigenvalue weighted by Crippen LogP contribution is -2.48. The molecule has 0 aliphatic carbocycles. The second kappa shape index (κ2) is 8.53. The van der Waals surface area contributed by atoms with E-state index in [2.05, 4.69) is 34.0 Å². The van der Waals surface area contributed by atoms with E-state index in [1.807, 2.05) is 36.4 Å². The highest BCUT2D eigenvalue weighted by Gasteiger charge is 2.23. The quantitative estimate of drug-likeness (QED) is 0.448. The van der Waals surface area contributed by atoms with E-state index in [1.54, 1.807) is 0 Å². The van der Waals surface area contributed by atoms with Crippen molar-refractivity contribution in [1.82, 2.24) is 4.90 Å². The second-order valence-corrected chi connectivity index (χ2v) is 5.93. The minimum absolute atomic E-state index is 0.161. The van der Waals surface area contributed by atoms with Crippen LogP contribution in [0.4, 0.5) is 5.69 Å². The Morgan fingerprint density at radius 3 is 2.84 bits per heavy atom. The van der Waals surface area contributed by atoms with E-state index in [-0.39, 0.29) is 6.23 Å². The van der Waals surface area contributed by atoms with Gasteiger partial charge in [0.1, 0.15) is 5.75 Å². The normalized spacial score (nSPS) is 17.7. The molecule has 2 aromatic rings. The molecule has 0 N–H and O–H groups in total. The summed E-state index contributed by atoms with van der Waals surface area (Å²) in [6.07, 6.45) is 0.620. The summed E-state index contributed by atoms with van der Waals surface area (Å²) >= 11 is 0. The fourth-order valence-corrected chi connectivity index (χ4v) is 2.96. The van der Waals surface area contributed by atoms with Gasteiger partial charge in [0.05, 0.1) is 18.9 Å². The highest BCUT2D eigenvalue weighted by atomic mass is 16.6. The number of ether oxygens (including phenoxy) is 2. The number of azide groups is 1. The molecule has 25 heavy (non-hydrogen) atoms. The van der Waals surface area contributed by atoms with Crippen molar-refractivity contribution in [2.45, 2.75) is 19.6 Å². The van der Waals surface area contributed by atoms with Gasteiger partial charge in [0.25, 0.3) is 0 Å². The van der Waals surface area contributed by atoms with Gasteiger partial charge >= 0.3 is 0 Å². The number of morpholine rings is 1. The number of hydrogen-bond acceptors (Lipinski definition) is 4. The first-order valence-electron chi connectivity index (χ1n) is 8.50. The van der Waals surface area contributed by atoms with Gasteiger partial charge in [-0.25, -0.2) is 0 Å². The number of nitrogens with zero attached hydrogens (tertiary/aromatic N) is 4. The number of benzene rings is 2. The van der Waals surface area contributed by atoms with Crippen LogP contribution in [0.25, 0.3) is 10.4 Å². The molecule has 1 fully saturated rings. The molecule has 0 amide bonds. The molecule has 0 saturated carbocycles.